The van der Waals surface area contributed by atoms with Crippen LogP contribution < -0.4 is 15.2 Å². The van der Waals surface area contributed by atoms with Gasteiger partial charge in [0, 0.05) is 10.5 Å². The summed E-state index contributed by atoms with van der Waals surface area (Å²) >= 11 is 3.26. The summed E-state index contributed by atoms with van der Waals surface area (Å²) in [6.45, 7) is 6.23. The van der Waals surface area contributed by atoms with Crippen molar-refractivity contribution in [2.24, 2.45) is 5.73 Å². The molecule has 0 spiro atoms. The van der Waals surface area contributed by atoms with Gasteiger partial charge in [0.1, 0.15) is 6.61 Å². The molecule has 0 aliphatic carbocycles. The number of benzene rings is 1. The van der Waals surface area contributed by atoms with Crippen molar-refractivity contribution in [3.63, 3.8) is 0 Å². The van der Waals surface area contributed by atoms with Gasteiger partial charge in [-0.1, -0.05) is 35.5 Å². The molecular weight excluding hydrogens is 294 g/mol. The van der Waals surface area contributed by atoms with Gasteiger partial charge in [0.25, 0.3) is 0 Å². The van der Waals surface area contributed by atoms with Gasteiger partial charge in [-0.2, -0.15) is 0 Å². The highest BCUT2D eigenvalue weighted by Gasteiger charge is 2.08. The zero-order valence-electron chi connectivity index (χ0n) is 10.9. The number of hydrogen-bond acceptors (Lipinski definition) is 3. The topological polar surface area (TPSA) is 44.5 Å². The molecule has 0 aromatic heterocycles. The third-order valence-corrected chi connectivity index (χ3v) is 2.86. The maximum atomic E-state index is 5.94. The molecule has 0 fully saturated rings. The Morgan fingerprint density at radius 1 is 1.44 bits per heavy atom. The van der Waals surface area contributed by atoms with Crippen molar-refractivity contribution in [2.45, 2.75) is 25.8 Å². The quantitative estimate of drug-likeness (QED) is 0.840. The van der Waals surface area contributed by atoms with E-state index in [0.29, 0.717) is 12.4 Å². The SMILES string of the molecule is C=C(Br)COc1ccc(CC(N)CC)cc1OC. The summed E-state index contributed by atoms with van der Waals surface area (Å²) in [4.78, 5) is 0. The monoisotopic (exact) mass is 313 g/mol. The van der Waals surface area contributed by atoms with E-state index >= 15 is 0 Å². The average molecular weight is 314 g/mol. The lowest BCUT2D eigenvalue weighted by molar-refractivity contribution is 0.324. The molecule has 0 radical (unpaired) electrons. The van der Waals surface area contributed by atoms with E-state index in [9.17, 15) is 0 Å². The van der Waals surface area contributed by atoms with E-state index in [0.717, 1.165) is 28.6 Å². The van der Waals surface area contributed by atoms with E-state index in [1.165, 1.54) is 0 Å². The molecule has 1 unspecified atom stereocenters. The fraction of sp³-hybridized carbons (Fsp3) is 0.429. The highest BCUT2D eigenvalue weighted by Crippen LogP contribution is 2.29. The number of methoxy groups -OCH3 is 1. The maximum absolute atomic E-state index is 5.94. The van der Waals surface area contributed by atoms with Gasteiger partial charge in [0.05, 0.1) is 7.11 Å². The standard InChI is InChI=1S/C14H20BrNO2/c1-4-12(16)7-11-5-6-13(14(8-11)17-3)18-9-10(2)15/h5-6,8,12H,2,4,7,9,16H2,1,3H3. The van der Waals surface area contributed by atoms with Crippen molar-refractivity contribution in [3.05, 3.63) is 34.8 Å². The fourth-order valence-electron chi connectivity index (χ4n) is 1.56. The second-order valence-electron chi connectivity index (χ2n) is 4.16. The summed E-state index contributed by atoms with van der Waals surface area (Å²) in [7, 11) is 1.63. The van der Waals surface area contributed by atoms with E-state index in [1.54, 1.807) is 7.11 Å². The van der Waals surface area contributed by atoms with Crippen LogP contribution >= 0.6 is 15.9 Å². The van der Waals surface area contributed by atoms with Crippen LogP contribution in [0, 0.1) is 0 Å². The Labute approximate surface area is 117 Å². The van der Waals surface area contributed by atoms with Crippen LogP contribution in [-0.4, -0.2) is 19.8 Å². The van der Waals surface area contributed by atoms with Crippen molar-refractivity contribution in [1.29, 1.82) is 0 Å². The second kappa shape index (κ2) is 7.44. The lowest BCUT2D eigenvalue weighted by atomic mass is 10.0. The molecule has 0 bridgehead atoms. The third kappa shape index (κ3) is 4.70. The maximum Gasteiger partial charge on any atom is 0.161 e. The van der Waals surface area contributed by atoms with Crippen LogP contribution in [0.3, 0.4) is 0 Å². The van der Waals surface area contributed by atoms with Crippen molar-refractivity contribution in [3.8, 4) is 11.5 Å². The van der Waals surface area contributed by atoms with Crippen LogP contribution in [0.2, 0.25) is 0 Å². The van der Waals surface area contributed by atoms with E-state index in [-0.39, 0.29) is 6.04 Å². The van der Waals surface area contributed by atoms with Gasteiger partial charge in [-0.05, 0) is 30.5 Å². The largest absolute Gasteiger partial charge is 0.493 e. The number of ether oxygens (including phenoxy) is 2. The Balaban J connectivity index is 2.79. The van der Waals surface area contributed by atoms with Crippen LogP contribution in [0.15, 0.2) is 29.3 Å². The number of halogens is 1. The summed E-state index contributed by atoms with van der Waals surface area (Å²) in [5, 5.41) is 0. The summed E-state index contributed by atoms with van der Waals surface area (Å²) in [6, 6.07) is 6.09. The van der Waals surface area contributed by atoms with Crippen molar-refractivity contribution in [2.75, 3.05) is 13.7 Å². The zero-order chi connectivity index (χ0) is 13.5. The van der Waals surface area contributed by atoms with Gasteiger partial charge in [-0.15, -0.1) is 0 Å². The van der Waals surface area contributed by atoms with Gasteiger partial charge in [-0.3, -0.25) is 0 Å². The molecule has 2 N–H and O–H groups in total. The van der Waals surface area contributed by atoms with Crippen LogP contribution in [0.1, 0.15) is 18.9 Å². The van der Waals surface area contributed by atoms with Crippen LogP contribution in [0.4, 0.5) is 0 Å². The van der Waals surface area contributed by atoms with Crippen molar-refractivity contribution >= 4 is 15.9 Å². The molecule has 0 saturated heterocycles. The molecule has 1 aromatic rings. The predicted octanol–water partition coefficient (Wildman–Crippen LogP) is 3.26. The highest BCUT2D eigenvalue weighted by atomic mass is 79.9. The second-order valence-corrected chi connectivity index (χ2v) is 5.29. The molecule has 18 heavy (non-hydrogen) atoms. The molecule has 100 valence electrons. The van der Waals surface area contributed by atoms with Gasteiger partial charge in [-0.25, -0.2) is 0 Å². The van der Waals surface area contributed by atoms with Crippen molar-refractivity contribution in [1.82, 2.24) is 0 Å². The highest BCUT2D eigenvalue weighted by molar-refractivity contribution is 9.11. The number of rotatable bonds is 7. The molecule has 4 heteroatoms. The zero-order valence-corrected chi connectivity index (χ0v) is 12.5. The smallest absolute Gasteiger partial charge is 0.161 e. The van der Waals surface area contributed by atoms with E-state index in [2.05, 4.69) is 29.4 Å². The first kappa shape index (κ1) is 15.1. The summed E-state index contributed by atoms with van der Waals surface area (Å²) < 4.78 is 11.7. The van der Waals surface area contributed by atoms with Gasteiger partial charge >= 0.3 is 0 Å². The molecule has 0 aliphatic rings. The molecule has 1 rings (SSSR count). The third-order valence-electron chi connectivity index (χ3n) is 2.63. The first-order valence-corrected chi connectivity index (χ1v) is 6.74. The van der Waals surface area contributed by atoms with E-state index in [1.807, 2.05) is 18.2 Å². The van der Waals surface area contributed by atoms with E-state index in [4.69, 9.17) is 15.2 Å². The molecule has 1 aromatic carbocycles. The molecule has 0 aliphatic heterocycles. The Kier molecular flexibility index (Phi) is 6.22. The molecule has 0 heterocycles. The van der Waals surface area contributed by atoms with Gasteiger partial charge in [0.15, 0.2) is 11.5 Å². The normalized spacial score (nSPS) is 12.0. The number of hydrogen-bond donors (Lipinski definition) is 1. The fourth-order valence-corrected chi connectivity index (χ4v) is 1.68. The molecule has 0 saturated carbocycles. The predicted molar refractivity (Wildman–Crippen MR) is 78.5 cm³/mol. The van der Waals surface area contributed by atoms with Gasteiger partial charge in [0.2, 0.25) is 0 Å². The molecular formula is C14H20BrNO2. The minimum Gasteiger partial charge on any atom is -0.493 e. The van der Waals surface area contributed by atoms with Crippen LogP contribution in [0.5, 0.6) is 11.5 Å². The van der Waals surface area contributed by atoms with Gasteiger partial charge < -0.3 is 15.2 Å². The first-order valence-electron chi connectivity index (χ1n) is 5.95. The summed E-state index contributed by atoms with van der Waals surface area (Å²) in [5.41, 5.74) is 7.10. The Morgan fingerprint density at radius 3 is 2.72 bits per heavy atom. The Morgan fingerprint density at radius 2 is 2.17 bits per heavy atom. The van der Waals surface area contributed by atoms with Crippen LogP contribution in [0.25, 0.3) is 0 Å². The van der Waals surface area contributed by atoms with Crippen LogP contribution in [-0.2, 0) is 6.42 Å². The minimum atomic E-state index is 0.184. The van der Waals surface area contributed by atoms with E-state index < -0.39 is 0 Å². The van der Waals surface area contributed by atoms with Crippen molar-refractivity contribution < 1.29 is 9.47 Å². The first-order chi connectivity index (χ1) is 8.56. The molecule has 3 nitrogen and oxygen atoms in total. The lowest BCUT2D eigenvalue weighted by Gasteiger charge is -2.13. The Bertz CT molecular complexity index is 407. The summed E-state index contributed by atoms with van der Waals surface area (Å²) in [6.07, 6.45) is 1.81. The minimum absolute atomic E-state index is 0.184. The average Bonchev–Trinajstić information content (AvgIpc) is 2.36. The lowest BCUT2D eigenvalue weighted by Crippen LogP contribution is -2.21. The Hall–Kier alpha value is -1.00. The molecule has 1 atom stereocenters. The number of nitrogens with two attached hydrogens (primary N) is 1. The summed E-state index contributed by atoms with van der Waals surface area (Å²) in [5.74, 6) is 1.44. The molecule has 0 amide bonds.